The summed E-state index contributed by atoms with van der Waals surface area (Å²) in [6.07, 6.45) is 1.40. The van der Waals surface area contributed by atoms with Crippen molar-refractivity contribution in [3.63, 3.8) is 0 Å². The molecule has 7 nitrogen and oxygen atoms in total. The lowest BCUT2D eigenvalue weighted by atomic mass is 9.88. The van der Waals surface area contributed by atoms with Crippen LogP contribution in [0.4, 0.5) is 10.1 Å². The Labute approximate surface area is 120 Å². The predicted molar refractivity (Wildman–Crippen MR) is 73.3 cm³/mol. The summed E-state index contributed by atoms with van der Waals surface area (Å²) < 4.78 is 15.2. The van der Waals surface area contributed by atoms with Gasteiger partial charge in [0.2, 0.25) is 5.91 Å². The number of aromatic nitrogens is 4. The lowest BCUT2D eigenvalue weighted by molar-refractivity contribution is -0.121. The summed E-state index contributed by atoms with van der Waals surface area (Å²) in [5, 5.41) is 16.5. The number of nitrogens with one attached hydrogen (secondary N) is 2. The second-order valence-corrected chi connectivity index (χ2v) is 5.11. The van der Waals surface area contributed by atoms with Gasteiger partial charge in [0.1, 0.15) is 12.1 Å². The summed E-state index contributed by atoms with van der Waals surface area (Å²) in [5.74, 6) is -0.536. The Morgan fingerprint density at radius 3 is 2.95 bits per heavy atom. The monoisotopic (exact) mass is 290 g/mol. The number of benzene rings is 1. The average molecular weight is 290 g/mol. The van der Waals surface area contributed by atoms with E-state index in [9.17, 15) is 9.18 Å². The summed E-state index contributed by atoms with van der Waals surface area (Å²) in [7, 11) is 0. The number of rotatable bonds is 4. The summed E-state index contributed by atoms with van der Waals surface area (Å²) in [6, 6.07) is 4.33. The Kier molecular flexibility index (Phi) is 3.61. The molecule has 0 saturated carbocycles. The first-order valence-electron chi connectivity index (χ1n) is 6.69. The van der Waals surface area contributed by atoms with E-state index in [1.54, 1.807) is 6.07 Å². The van der Waals surface area contributed by atoms with Gasteiger partial charge in [0.05, 0.1) is 11.4 Å². The summed E-state index contributed by atoms with van der Waals surface area (Å²) in [4.78, 5) is 12.1. The van der Waals surface area contributed by atoms with Gasteiger partial charge in [0, 0.05) is 5.92 Å². The molecule has 21 heavy (non-hydrogen) atoms. The third kappa shape index (κ3) is 2.75. The van der Waals surface area contributed by atoms with E-state index < -0.39 is 5.82 Å². The van der Waals surface area contributed by atoms with Crippen LogP contribution in [0.15, 0.2) is 24.5 Å². The van der Waals surface area contributed by atoms with E-state index in [1.165, 1.54) is 23.1 Å². The molecule has 0 bridgehead atoms. The van der Waals surface area contributed by atoms with Crippen LogP contribution >= 0.6 is 0 Å². The molecule has 1 aliphatic rings. The van der Waals surface area contributed by atoms with Gasteiger partial charge >= 0.3 is 0 Å². The minimum Gasteiger partial charge on any atom is -0.323 e. The molecule has 1 amide bonds. The van der Waals surface area contributed by atoms with Gasteiger partial charge < -0.3 is 10.6 Å². The number of anilines is 1. The van der Waals surface area contributed by atoms with Crippen molar-refractivity contribution >= 4 is 11.6 Å². The van der Waals surface area contributed by atoms with Crippen molar-refractivity contribution in [2.45, 2.75) is 6.92 Å². The minimum atomic E-state index is -0.487. The van der Waals surface area contributed by atoms with Gasteiger partial charge in [-0.05, 0) is 47.6 Å². The van der Waals surface area contributed by atoms with Crippen LogP contribution in [0.5, 0.6) is 0 Å². The van der Waals surface area contributed by atoms with Gasteiger partial charge in [-0.25, -0.2) is 9.07 Å². The second-order valence-electron chi connectivity index (χ2n) is 5.11. The fraction of sp³-hybridized carbons (Fsp3) is 0.385. The van der Waals surface area contributed by atoms with Crippen molar-refractivity contribution in [3.8, 4) is 5.69 Å². The van der Waals surface area contributed by atoms with E-state index in [0.717, 1.165) is 13.1 Å². The van der Waals surface area contributed by atoms with Gasteiger partial charge in [0.25, 0.3) is 0 Å². The SMILES string of the molecule is CC(C(=O)Nc1cc(-n2cnnn2)ccc1F)C1CNC1. The van der Waals surface area contributed by atoms with Crippen molar-refractivity contribution in [2.75, 3.05) is 18.4 Å². The number of carbonyl (C=O) groups excluding carboxylic acids is 1. The number of hydrogen-bond acceptors (Lipinski definition) is 5. The molecule has 8 heteroatoms. The number of nitrogens with zero attached hydrogens (tertiary/aromatic N) is 4. The average Bonchev–Trinajstić information content (AvgIpc) is 2.93. The van der Waals surface area contributed by atoms with Crippen LogP contribution in [0.2, 0.25) is 0 Å². The maximum atomic E-state index is 13.8. The van der Waals surface area contributed by atoms with Crippen molar-refractivity contribution in [1.82, 2.24) is 25.5 Å². The van der Waals surface area contributed by atoms with E-state index in [4.69, 9.17) is 0 Å². The minimum absolute atomic E-state index is 0.132. The molecule has 0 aliphatic carbocycles. The van der Waals surface area contributed by atoms with Crippen LogP contribution in [0.3, 0.4) is 0 Å². The Bertz CT molecular complexity index is 640. The molecule has 3 rings (SSSR count). The number of carbonyl (C=O) groups is 1. The van der Waals surface area contributed by atoms with Gasteiger partial charge in [-0.2, -0.15) is 0 Å². The molecule has 1 fully saturated rings. The molecular formula is C13H15FN6O. The zero-order valence-corrected chi connectivity index (χ0v) is 11.5. The molecule has 2 N–H and O–H groups in total. The van der Waals surface area contributed by atoms with E-state index in [0.29, 0.717) is 11.6 Å². The van der Waals surface area contributed by atoms with E-state index in [1.807, 2.05) is 6.92 Å². The first-order valence-corrected chi connectivity index (χ1v) is 6.69. The first-order chi connectivity index (χ1) is 10.1. The third-order valence-electron chi connectivity index (χ3n) is 3.76. The van der Waals surface area contributed by atoms with Crippen LogP contribution < -0.4 is 10.6 Å². The fourth-order valence-corrected chi connectivity index (χ4v) is 2.16. The number of hydrogen-bond donors (Lipinski definition) is 2. The van der Waals surface area contributed by atoms with Crippen molar-refractivity contribution in [3.05, 3.63) is 30.3 Å². The maximum absolute atomic E-state index is 13.8. The zero-order chi connectivity index (χ0) is 14.8. The molecular weight excluding hydrogens is 275 g/mol. The van der Waals surface area contributed by atoms with Gasteiger partial charge in [0.15, 0.2) is 0 Å². The van der Waals surface area contributed by atoms with Crippen LogP contribution in [0.1, 0.15) is 6.92 Å². The van der Waals surface area contributed by atoms with Gasteiger partial charge in [-0.15, -0.1) is 5.10 Å². The smallest absolute Gasteiger partial charge is 0.227 e. The van der Waals surface area contributed by atoms with Crippen LogP contribution in [0.25, 0.3) is 5.69 Å². The molecule has 110 valence electrons. The Balaban J connectivity index is 1.78. The summed E-state index contributed by atoms with van der Waals surface area (Å²) in [5.41, 5.74) is 0.710. The largest absolute Gasteiger partial charge is 0.323 e. The Hall–Kier alpha value is -2.35. The second kappa shape index (κ2) is 5.57. The first kappa shape index (κ1) is 13.6. The lowest BCUT2D eigenvalue weighted by Crippen LogP contribution is -2.48. The lowest BCUT2D eigenvalue weighted by Gasteiger charge is -2.31. The topological polar surface area (TPSA) is 84.7 Å². The molecule has 1 aliphatic heterocycles. The third-order valence-corrected chi connectivity index (χ3v) is 3.76. The Morgan fingerprint density at radius 1 is 1.52 bits per heavy atom. The highest BCUT2D eigenvalue weighted by Crippen LogP contribution is 2.22. The summed E-state index contributed by atoms with van der Waals surface area (Å²) >= 11 is 0. The summed E-state index contributed by atoms with van der Waals surface area (Å²) in [6.45, 7) is 3.49. The van der Waals surface area contributed by atoms with Crippen LogP contribution in [0, 0.1) is 17.7 Å². The number of halogens is 1. The quantitative estimate of drug-likeness (QED) is 0.861. The molecule has 1 atom stereocenters. The molecule has 1 aromatic carbocycles. The molecule has 0 spiro atoms. The molecule has 0 radical (unpaired) electrons. The van der Waals surface area contributed by atoms with Crippen molar-refractivity contribution in [2.24, 2.45) is 11.8 Å². The fourth-order valence-electron chi connectivity index (χ4n) is 2.16. The van der Waals surface area contributed by atoms with Crippen molar-refractivity contribution < 1.29 is 9.18 Å². The number of tetrazole rings is 1. The highest BCUT2D eigenvalue weighted by molar-refractivity contribution is 5.93. The standard InChI is InChI=1S/C13H15FN6O/c1-8(9-5-15-6-9)13(21)17-12-4-10(2-3-11(12)14)20-7-16-18-19-20/h2-4,7-9,15H,5-6H2,1H3,(H,17,21). The predicted octanol–water partition coefficient (Wildman–Crippen LogP) is 0.595. The van der Waals surface area contributed by atoms with E-state index in [-0.39, 0.29) is 17.5 Å². The van der Waals surface area contributed by atoms with Crippen LogP contribution in [-0.4, -0.2) is 39.2 Å². The van der Waals surface area contributed by atoms with E-state index in [2.05, 4.69) is 26.2 Å². The molecule has 1 aromatic heterocycles. The maximum Gasteiger partial charge on any atom is 0.227 e. The van der Waals surface area contributed by atoms with Gasteiger partial charge in [-0.3, -0.25) is 4.79 Å². The van der Waals surface area contributed by atoms with Crippen LogP contribution in [-0.2, 0) is 4.79 Å². The highest BCUT2D eigenvalue weighted by Gasteiger charge is 2.29. The zero-order valence-electron chi connectivity index (χ0n) is 11.5. The van der Waals surface area contributed by atoms with Gasteiger partial charge in [-0.1, -0.05) is 6.92 Å². The highest BCUT2D eigenvalue weighted by atomic mass is 19.1. The van der Waals surface area contributed by atoms with Crippen molar-refractivity contribution in [1.29, 1.82) is 0 Å². The molecule has 1 unspecified atom stereocenters. The van der Waals surface area contributed by atoms with E-state index >= 15 is 0 Å². The molecule has 1 saturated heterocycles. The molecule has 2 aromatic rings. The Morgan fingerprint density at radius 2 is 2.33 bits per heavy atom. The number of amides is 1. The normalized spacial score (nSPS) is 16.3. The molecule has 2 heterocycles.